The van der Waals surface area contributed by atoms with E-state index in [0.717, 1.165) is 24.7 Å². The minimum atomic E-state index is -0.773. The zero-order valence-corrected chi connectivity index (χ0v) is 9.18. The molecule has 0 bridgehead atoms. The molecule has 1 atom stereocenters. The fourth-order valence-electron chi connectivity index (χ4n) is 1.42. The van der Waals surface area contributed by atoms with Gasteiger partial charge in [0.2, 0.25) is 0 Å². The summed E-state index contributed by atoms with van der Waals surface area (Å²) >= 11 is 1.09. The minimum absolute atomic E-state index is 0.559. The van der Waals surface area contributed by atoms with Crippen LogP contribution in [0.2, 0.25) is 0 Å². The van der Waals surface area contributed by atoms with Crippen molar-refractivity contribution in [3.8, 4) is 0 Å². The van der Waals surface area contributed by atoms with E-state index in [1.54, 1.807) is 12.4 Å². The Labute approximate surface area is 91.7 Å². The molecule has 0 fully saturated rings. The summed E-state index contributed by atoms with van der Waals surface area (Å²) in [4.78, 5) is 4.14. The topological polar surface area (TPSA) is 63.8 Å². The summed E-state index contributed by atoms with van der Waals surface area (Å²) in [6.45, 7) is 2.94. The van der Waals surface area contributed by atoms with E-state index in [9.17, 15) is 5.11 Å². The Balaban J connectivity index is 2.25. The Morgan fingerprint density at radius 1 is 1.60 bits per heavy atom. The van der Waals surface area contributed by atoms with Crippen LogP contribution in [-0.4, -0.2) is 23.4 Å². The van der Waals surface area contributed by atoms with Gasteiger partial charge < -0.3 is 9.67 Å². The third kappa shape index (κ3) is 2.05. The lowest BCUT2D eigenvalue weighted by atomic mass is 10.2. The number of rotatable bonds is 4. The molecule has 15 heavy (non-hydrogen) atoms. The predicted octanol–water partition coefficient (Wildman–Crippen LogP) is 1.23. The molecule has 80 valence electrons. The molecule has 2 rings (SSSR count). The maximum atomic E-state index is 10.00. The van der Waals surface area contributed by atoms with E-state index in [4.69, 9.17) is 0 Å². The minimum Gasteiger partial charge on any atom is -0.379 e. The molecular formula is C9H12N4OS. The van der Waals surface area contributed by atoms with Crippen LogP contribution in [0.1, 0.15) is 31.0 Å². The molecule has 1 N–H and O–H groups in total. The molecule has 0 radical (unpaired) electrons. The second-order valence-corrected chi connectivity index (χ2v) is 3.77. The Morgan fingerprint density at radius 3 is 3.13 bits per heavy atom. The molecule has 0 aliphatic rings. The molecule has 6 heteroatoms. The fraction of sp³-hybridized carbons (Fsp3) is 0.444. The summed E-state index contributed by atoms with van der Waals surface area (Å²) < 4.78 is 9.80. The monoisotopic (exact) mass is 224 g/mol. The van der Waals surface area contributed by atoms with Gasteiger partial charge in [0.05, 0.1) is 17.9 Å². The molecule has 2 heterocycles. The standard InChI is InChI=1S/C9H12N4OS/c1-2-4-13-5-3-10-9(13)8(14)7-6-11-15-12-7/h3,5-6,8,14H,2,4H2,1H3. The van der Waals surface area contributed by atoms with Gasteiger partial charge >= 0.3 is 0 Å². The van der Waals surface area contributed by atoms with Crippen molar-refractivity contribution >= 4 is 11.7 Å². The van der Waals surface area contributed by atoms with Crippen LogP contribution in [0.5, 0.6) is 0 Å². The molecule has 0 saturated heterocycles. The van der Waals surface area contributed by atoms with Gasteiger partial charge in [-0.15, -0.1) is 0 Å². The third-order valence-electron chi connectivity index (χ3n) is 2.12. The Hall–Kier alpha value is -1.27. The average molecular weight is 224 g/mol. The van der Waals surface area contributed by atoms with Crippen LogP contribution in [0.3, 0.4) is 0 Å². The maximum absolute atomic E-state index is 10.00. The molecule has 0 amide bonds. The SMILES string of the molecule is CCCn1ccnc1C(O)c1cnsn1. The van der Waals surface area contributed by atoms with Gasteiger partial charge in [-0.3, -0.25) is 0 Å². The van der Waals surface area contributed by atoms with Crippen molar-refractivity contribution in [2.24, 2.45) is 0 Å². The highest BCUT2D eigenvalue weighted by molar-refractivity contribution is 6.99. The Kier molecular flexibility index (Phi) is 3.08. The summed E-state index contributed by atoms with van der Waals surface area (Å²) in [5, 5.41) is 10.00. The van der Waals surface area contributed by atoms with Gasteiger partial charge in [0, 0.05) is 18.9 Å². The fourth-order valence-corrected chi connectivity index (χ4v) is 1.87. The summed E-state index contributed by atoms with van der Waals surface area (Å²) in [6.07, 6.45) is 5.35. The van der Waals surface area contributed by atoms with E-state index < -0.39 is 6.10 Å². The molecule has 0 spiro atoms. The number of hydrogen-bond acceptors (Lipinski definition) is 5. The van der Waals surface area contributed by atoms with E-state index in [1.807, 2.05) is 10.8 Å². The Bertz CT molecular complexity index is 411. The number of hydrogen-bond donors (Lipinski definition) is 1. The zero-order valence-electron chi connectivity index (χ0n) is 8.37. The van der Waals surface area contributed by atoms with Crippen molar-refractivity contribution in [1.82, 2.24) is 18.3 Å². The van der Waals surface area contributed by atoms with Crippen LogP contribution in [0.15, 0.2) is 18.6 Å². The maximum Gasteiger partial charge on any atom is 0.156 e. The quantitative estimate of drug-likeness (QED) is 0.848. The van der Waals surface area contributed by atoms with Crippen LogP contribution in [0.4, 0.5) is 0 Å². The van der Waals surface area contributed by atoms with Crippen LogP contribution < -0.4 is 0 Å². The third-order valence-corrected chi connectivity index (χ3v) is 2.61. The van der Waals surface area contributed by atoms with Crippen LogP contribution in [-0.2, 0) is 6.54 Å². The highest BCUT2D eigenvalue weighted by Gasteiger charge is 2.17. The number of aliphatic hydroxyl groups is 1. The van der Waals surface area contributed by atoms with E-state index in [2.05, 4.69) is 20.7 Å². The summed E-state index contributed by atoms with van der Waals surface area (Å²) in [5.41, 5.74) is 0.559. The second kappa shape index (κ2) is 4.50. The van der Waals surface area contributed by atoms with E-state index in [-0.39, 0.29) is 0 Å². The summed E-state index contributed by atoms with van der Waals surface area (Å²) in [7, 11) is 0. The molecule has 1 unspecified atom stereocenters. The number of aryl methyl sites for hydroxylation is 1. The smallest absolute Gasteiger partial charge is 0.156 e. The normalized spacial score (nSPS) is 12.9. The molecule has 0 aliphatic carbocycles. The van der Waals surface area contributed by atoms with Gasteiger partial charge in [-0.25, -0.2) is 4.98 Å². The molecule has 0 saturated carbocycles. The van der Waals surface area contributed by atoms with Gasteiger partial charge in [0.15, 0.2) is 6.10 Å². The number of imidazole rings is 1. The first-order valence-corrected chi connectivity index (χ1v) is 5.52. The van der Waals surface area contributed by atoms with E-state index in [0.29, 0.717) is 11.5 Å². The number of aliphatic hydroxyl groups excluding tert-OH is 1. The highest BCUT2D eigenvalue weighted by atomic mass is 32.1. The van der Waals surface area contributed by atoms with Crippen molar-refractivity contribution in [3.63, 3.8) is 0 Å². The lowest BCUT2D eigenvalue weighted by Crippen LogP contribution is -2.09. The molecule has 0 aromatic carbocycles. The van der Waals surface area contributed by atoms with Crippen molar-refractivity contribution in [2.75, 3.05) is 0 Å². The highest BCUT2D eigenvalue weighted by Crippen LogP contribution is 2.18. The number of aromatic nitrogens is 4. The van der Waals surface area contributed by atoms with Gasteiger partial charge in [-0.05, 0) is 6.42 Å². The molecular weight excluding hydrogens is 212 g/mol. The molecule has 2 aromatic rings. The van der Waals surface area contributed by atoms with Crippen LogP contribution >= 0.6 is 11.7 Å². The molecule has 2 aromatic heterocycles. The summed E-state index contributed by atoms with van der Waals surface area (Å²) in [6, 6.07) is 0. The van der Waals surface area contributed by atoms with Crippen LogP contribution in [0.25, 0.3) is 0 Å². The Morgan fingerprint density at radius 2 is 2.47 bits per heavy atom. The molecule has 0 aliphatic heterocycles. The van der Waals surface area contributed by atoms with Crippen molar-refractivity contribution in [3.05, 3.63) is 30.1 Å². The summed E-state index contributed by atoms with van der Waals surface area (Å²) in [5.74, 6) is 0.629. The predicted molar refractivity (Wildman–Crippen MR) is 56.5 cm³/mol. The van der Waals surface area contributed by atoms with Crippen molar-refractivity contribution in [2.45, 2.75) is 26.0 Å². The second-order valence-electron chi connectivity index (χ2n) is 3.21. The average Bonchev–Trinajstić information content (AvgIpc) is 2.87. The van der Waals surface area contributed by atoms with Gasteiger partial charge in [-0.1, -0.05) is 6.92 Å². The zero-order chi connectivity index (χ0) is 10.7. The van der Waals surface area contributed by atoms with Crippen molar-refractivity contribution in [1.29, 1.82) is 0 Å². The van der Waals surface area contributed by atoms with Crippen LogP contribution in [0, 0.1) is 0 Å². The van der Waals surface area contributed by atoms with Gasteiger partial charge in [-0.2, -0.15) is 8.75 Å². The number of nitrogens with zero attached hydrogens (tertiary/aromatic N) is 4. The van der Waals surface area contributed by atoms with E-state index in [1.165, 1.54) is 0 Å². The lowest BCUT2D eigenvalue weighted by molar-refractivity contribution is 0.200. The van der Waals surface area contributed by atoms with E-state index >= 15 is 0 Å². The molecule has 5 nitrogen and oxygen atoms in total. The van der Waals surface area contributed by atoms with Crippen molar-refractivity contribution < 1.29 is 5.11 Å². The first-order valence-electron chi connectivity index (χ1n) is 4.79. The lowest BCUT2D eigenvalue weighted by Gasteiger charge is -2.09. The van der Waals surface area contributed by atoms with Gasteiger partial charge in [0.1, 0.15) is 11.5 Å². The first-order chi connectivity index (χ1) is 7.33. The van der Waals surface area contributed by atoms with Gasteiger partial charge in [0.25, 0.3) is 0 Å². The first kappa shape index (κ1) is 10.3. The largest absolute Gasteiger partial charge is 0.379 e.